The van der Waals surface area contributed by atoms with Crippen LogP contribution in [-0.4, -0.2) is 61.7 Å². The zero-order chi connectivity index (χ0) is 27.0. The summed E-state index contributed by atoms with van der Waals surface area (Å²) in [6, 6.07) is 4.63. The number of amides is 2. The summed E-state index contributed by atoms with van der Waals surface area (Å²) in [5.74, 6) is -3.37. The van der Waals surface area contributed by atoms with E-state index >= 15 is 0 Å². The van der Waals surface area contributed by atoms with Crippen LogP contribution in [0.1, 0.15) is 6.92 Å². The van der Waals surface area contributed by atoms with Crippen LogP contribution in [0.5, 0.6) is 17.4 Å². The molecule has 194 valence electrons. The molecular weight excluding hydrogens is 514 g/mol. The molecule has 0 N–H and O–H groups in total. The zero-order valence-electron chi connectivity index (χ0n) is 19.1. The maximum Gasteiger partial charge on any atom is 0.431 e. The predicted octanol–water partition coefficient (Wildman–Crippen LogP) is 4.11. The number of carbonyl (C=O) groups is 3. The molecule has 0 saturated carbocycles. The van der Waals surface area contributed by atoms with Crippen molar-refractivity contribution in [1.29, 1.82) is 0 Å². The summed E-state index contributed by atoms with van der Waals surface area (Å²) in [6.45, 7) is 1.27. The third-order valence-corrected chi connectivity index (χ3v) is 4.67. The summed E-state index contributed by atoms with van der Waals surface area (Å²) in [7, 11) is 1.83. The average Bonchev–Trinajstić information content (AvgIpc) is 2.82. The van der Waals surface area contributed by atoms with Gasteiger partial charge in [0.05, 0.1) is 17.3 Å². The summed E-state index contributed by atoms with van der Waals surface area (Å²) in [4.78, 5) is 39.5. The number of rotatable bonds is 10. The van der Waals surface area contributed by atoms with E-state index in [0.717, 1.165) is 26.2 Å². The molecule has 1 aromatic carbocycles. The monoisotopic (exact) mass is 533 g/mol. The molecule has 0 radical (unpaired) electrons. The number of likely N-dealkylation sites (N-methyl/N-ethyl adjacent to an activating group) is 1. The number of hydrogen-bond acceptors (Lipinski definition) is 7. The van der Waals surface area contributed by atoms with Crippen LogP contribution in [0.15, 0.2) is 42.2 Å². The molecule has 1 aromatic heterocycles. The molecule has 9 nitrogen and oxygen atoms in total. The molecule has 2 aromatic rings. The Bertz CT molecular complexity index is 1160. The highest BCUT2D eigenvalue weighted by Gasteiger charge is 2.37. The van der Waals surface area contributed by atoms with Gasteiger partial charge in [0.2, 0.25) is 6.41 Å². The van der Waals surface area contributed by atoms with Gasteiger partial charge in [0.25, 0.3) is 11.8 Å². The minimum atomic E-state index is -5.03. The molecule has 0 aliphatic heterocycles. The Hall–Kier alpha value is -3.87. The van der Waals surface area contributed by atoms with Crippen LogP contribution in [0.3, 0.4) is 0 Å². The SMILES string of the molecule is CCOC(=O)COc1ncccc1Oc1cc(N(C)C(=O)/C=C(\N(C)C=O)C(F)(F)F)c(F)cc1Cl. The molecule has 0 aliphatic rings. The number of nitrogens with zero attached hydrogens (tertiary/aromatic N) is 3. The number of hydrogen-bond donors (Lipinski definition) is 0. The van der Waals surface area contributed by atoms with Gasteiger partial charge in [-0.05, 0) is 25.1 Å². The van der Waals surface area contributed by atoms with E-state index in [0.29, 0.717) is 4.90 Å². The molecule has 0 spiro atoms. The summed E-state index contributed by atoms with van der Waals surface area (Å²) in [6.07, 6.45) is -3.67. The molecule has 14 heteroatoms. The van der Waals surface area contributed by atoms with E-state index < -0.39 is 41.9 Å². The number of aromatic nitrogens is 1. The Kier molecular flexibility index (Phi) is 9.61. The lowest BCUT2D eigenvalue weighted by Crippen LogP contribution is -2.32. The molecule has 0 unspecified atom stereocenters. The van der Waals surface area contributed by atoms with Gasteiger partial charge in [-0.2, -0.15) is 13.2 Å². The first-order valence-electron chi connectivity index (χ1n) is 10.0. The second-order valence-corrected chi connectivity index (χ2v) is 7.28. The molecule has 2 rings (SSSR count). The van der Waals surface area contributed by atoms with Crippen LogP contribution in [0, 0.1) is 5.82 Å². The van der Waals surface area contributed by atoms with Gasteiger partial charge in [-0.1, -0.05) is 11.6 Å². The van der Waals surface area contributed by atoms with Gasteiger partial charge in [-0.3, -0.25) is 9.59 Å². The maximum atomic E-state index is 14.6. The van der Waals surface area contributed by atoms with E-state index in [-0.39, 0.29) is 46.4 Å². The van der Waals surface area contributed by atoms with E-state index in [4.69, 9.17) is 25.8 Å². The van der Waals surface area contributed by atoms with Crippen molar-refractivity contribution in [3.63, 3.8) is 0 Å². The van der Waals surface area contributed by atoms with Crippen molar-refractivity contribution < 1.29 is 46.2 Å². The number of benzene rings is 1. The summed E-state index contributed by atoms with van der Waals surface area (Å²) >= 11 is 6.05. The van der Waals surface area contributed by atoms with E-state index in [1.165, 1.54) is 18.3 Å². The van der Waals surface area contributed by atoms with Gasteiger partial charge >= 0.3 is 12.1 Å². The molecule has 0 aliphatic carbocycles. The van der Waals surface area contributed by atoms with Crippen LogP contribution in [0.4, 0.5) is 23.2 Å². The third kappa shape index (κ3) is 7.31. The minimum absolute atomic E-state index is 0.0397. The smallest absolute Gasteiger partial charge is 0.431 e. The molecule has 0 fully saturated rings. The number of ether oxygens (including phenoxy) is 3. The fraction of sp³-hybridized carbons (Fsp3) is 0.273. The van der Waals surface area contributed by atoms with E-state index in [9.17, 15) is 31.9 Å². The lowest BCUT2D eigenvalue weighted by molar-refractivity contribution is -0.145. The van der Waals surface area contributed by atoms with Crippen LogP contribution in [-0.2, 0) is 19.1 Å². The van der Waals surface area contributed by atoms with E-state index in [1.807, 2.05) is 0 Å². The molecule has 0 saturated heterocycles. The molecular formula is C22H20ClF4N3O6. The van der Waals surface area contributed by atoms with E-state index in [2.05, 4.69) is 4.98 Å². The fourth-order valence-electron chi connectivity index (χ4n) is 2.64. The van der Waals surface area contributed by atoms with E-state index in [1.54, 1.807) is 6.92 Å². The number of alkyl halides is 3. The lowest BCUT2D eigenvalue weighted by atomic mass is 10.2. The number of halogens is 5. The Labute approximate surface area is 207 Å². The topological polar surface area (TPSA) is 98.3 Å². The summed E-state index contributed by atoms with van der Waals surface area (Å²) in [5.41, 5.74) is -2.04. The van der Waals surface area contributed by atoms with Crippen LogP contribution >= 0.6 is 11.6 Å². The van der Waals surface area contributed by atoms with Crippen molar-refractivity contribution >= 4 is 35.6 Å². The van der Waals surface area contributed by atoms with Crippen molar-refractivity contribution in [2.45, 2.75) is 13.1 Å². The van der Waals surface area contributed by atoms with Gasteiger partial charge in [-0.25, -0.2) is 14.2 Å². The van der Waals surface area contributed by atoms with Gasteiger partial charge in [-0.15, -0.1) is 0 Å². The highest BCUT2D eigenvalue weighted by Crippen LogP contribution is 2.38. The van der Waals surface area contributed by atoms with Crippen molar-refractivity contribution in [2.75, 3.05) is 32.2 Å². The first-order valence-corrected chi connectivity index (χ1v) is 10.4. The highest BCUT2D eigenvalue weighted by molar-refractivity contribution is 6.32. The molecule has 0 atom stereocenters. The summed E-state index contributed by atoms with van der Waals surface area (Å²) in [5, 5.41) is -0.246. The normalized spacial score (nSPS) is 11.5. The first-order chi connectivity index (χ1) is 16.9. The van der Waals surface area contributed by atoms with Crippen LogP contribution < -0.4 is 14.4 Å². The fourth-order valence-corrected chi connectivity index (χ4v) is 2.83. The Morgan fingerprint density at radius 2 is 1.89 bits per heavy atom. The Balaban J connectivity index is 2.37. The van der Waals surface area contributed by atoms with Crippen molar-refractivity contribution in [1.82, 2.24) is 9.88 Å². The molecule has 0 bridgehead atoms. The van der Waals surface area contributed by atoms with Crippen LogP contribution in [0.2, 0.25) is 5.02 Å². The number of anilines is 1. The number of esters is 1. The average molecular weight is 534 g/mol. The first kappa shape index (κ1) is 28.4. The summed E-state index contributed by atoms with van der Waals surface area (Å²) < 4.78 is 69.9. The molecule has 36 heavy (non-hydrogen) atoms. The maximum absolute atomic E-state index is 14.6. The third-order valence-electron chi connectivity index (χ3n) is 4.37. The van der Waals surface area contributed by atoms with Gasteiger partial charge in [0.15, 0.2) is 12.4 Å². The van der Waals surface area contributed by atoms with Gasteiger partial charge in [0.1, 0.15) is 17.3 Å². The molecule has 2 amide bonds. The Morgan fingerprint density at radius 1 is 1.19 bits per heavy atom. The predicted molar refractivity (Wildman–Crippen MR) is 119 cm³/mol. The Morgan fingerprint density at radius 3 is 2.50 bits per heavy atom. The van der Waals surface area contributed by atoms with Crippen LogP contribution in [0.25, 0.3) is 0 Å². The van der Waals surface area contributed by atoms with Crippen molar-refractivity contribution in [3.05, 3.63) is 53.1 Å². The number of allylic oxidation sites excluding steroid dienone is 1. The zero-order valence-corrected chi connectivity index (χ0v) is 19.9. The van der Waals surface area contributed by atoms with Crippen molar-refractivity contribution in [2.24, 2.45) is 0 Å². The van der Waals surface area contributed by atoms with Gasteiger partial charge < -0.3 is 24.0 Å². The largest absolute Gasteiger partial charge is 0.463 e. The highest BCUT2D eigenvalue weighted by atomic mass is 35.5. The molecule has 1 heterocycles. The minimum Gasteiger partial charge on any atom is -0.463 e. The van der Waals surface area contributed by atoms with Crippen molar-refractivity contribution in [3.8, 4) is 17.4 Å². The number of carbonyl (C=O) groups excluding carboxylic acids is 3. The van der Waals surface area contributed by atoms with Gasteiger partial charge in [0, 0.05) is 32.4 Å². The quantitative estimate of drug-likeness (QED) is 0.196. The second kappa shape index (κ2) is 12.2. The number of pyridine rings is 1. The standard InChI is InChI=1S/C22H20ClF4N3O6/c1-4-34-20(33)11-35-21-16(6-5-7-28-21)36-17-9-15(14(24)8-13(17)23)30(3)19(32)10-18(22(25,26)27)29(2)12-31/h5-10,12H,4,11H2,1-3H3/b18-10-. The lowest BCUT2D eigenvalue weighted by Gasteiger charge is -2.21. The second-order valence-electron chi connectivity index (χ2n) is 6.88.